The molecular weight excluding hydrogens is 461 g/mol. The molecule has 0 aliphatic rings. The minimum atomic E-state index is -8.11. The van der Waals surface area contributed by atoms with E-state index >= 15 is 0 Å². The van der Waals surface area contributed by atoms with Gasteiger partial charge >= 0.3 is 41.8 Å². The van der Waals surface area contributed by atoms with Crippen molar-refractivity contribution in [3.63, 3.8) is 0 Å². The van der Waals surface area contributed by atoms with E-state index in [0.717, 1.165) is 12.1 Å². The van der Waals surface area contributed by atoms with Crippen LogP contribution in [0.3, 0.4) is 0 Å². The number of alkyl halides is 13. The quantitative estimate of drug-likeness (QED) is 0.330. The van der Waals surface area contributed by atoms with E-state index in [4.69, 9.17) is 5.26 Å². The zero-order valence-corrected chi connectivity index (χ0v) is 13.5. The van der Waals surface area contributed by atoms with Crippen molar-refractivity contribution in [1.82, 2.24) is 0 Å². The fourth-order valence-corrected chi connectivity index (χ4v) is 1.67. The molecule has 0 spiro atoms. The molecule has 0 amide bonds. The van der Waals surface area contributed by atoms with Gasteiger partial charge in [0.05, 0.1) is 11.6 Å². The number of rotatable bonds is 6. The molecule has 0 aliphatic heterocycles. The van der Waals surface area contributed by atoms with Gasteiger partial charge in [0, 0.05) is 0 Å². The second-order valence-electron chi connectivity index (χ2n) is 5.40. The normalized spacial score (nSPS) is 14.3. The summed E-state index contributed by atoms with van der Waals surface area (Å²) in [5.74, 6) is -43.7. The van der Waals surface area contributed by atoms with Gasteiger partial charge in [-0.2, -0.15) is 62.3 Å². The Balaban J connectivity index is 3.36. The first-order chi connectivity index (χ1) is 13.2. The van der Waals surface area contributed by atoms with Crippen molar-refractivity contribution in [1.29, 1.82) is 5.26 Å². The predicted octanol–water partition coefficient (Wildman–Crippen LogP) is 5.20. The SMILES string of the molecule is N#Cc1ccc(OC(=O)C(F)(F)C(F)(F)C(F)(F)C(F)(F)C(F)(F)C(F)(F)F)cc1. The maximum absolute atomic E-state index is 13.5. The lowest BCUT2D eigenvalue weighted by molar-refractivity contribution is -0.436. The monoisotopic (exact) mass is 465 g/mol. The molecule has 0 aliphatic carbocycles. The van der Waals surface area contributed by atoms with Gasteiger partial charge in [-0.25, -0.2) is 4.79 Å². The second-order valence-corrected chi connectivity index (χ2v) is 5.40. The maximum Gasteiger partial charge on any atom is 0.460 e. The molecule has 0 radical (unpaired) electrons. The van der Waals surface area contributed by atoms with E-state index in [1.54, 1.807) is 0 Å². The van der Waals surface area contributed by atoms with Crippen LogP contribution in [0, 0.1) is 11.3 Å². The topological polar surface area (TPSA) is 50.1 Å². The Morgan fingerprint density at radius 1 is 0.700 bits per heavy atom. The highest BCUT2D eigenvalue weighted by Gasteiger charge is 2.92. The molecule has 0 fully saturated rings. The molecule has 0 saturated heterocycles. The van der Waals surface area contributed by atoms with Crippen molar-refractivity contribution >= 4 is 5.97 Å². The Labute approximate surface area is 156 Å². The highest BCUT2D eigenvalue weighted by molar-refractivity contribution is 5.81. The van der Waals surface area contributed by atoms with Gasteiger partial charge in [0.1, 0.15) is 5.75 Å². The molecule has 0 aromatic heterocycles. The fourth-order valence-electron chi connectivity index (χ4n) is 1.67. The van der Waals surface area contributed by atoms with Crippen LogP contribution >= 0.6 is 0 Å². The highest BCUT2D eigenvalue weighted by atomic mass is 19.4. The Hall–Kier alpha value is -2.73. The Morgan fingerprint density at radius 2 is 1.10 bits per heavy atom. The van der Waals surface area contributed by atoms with Gasteiger partial charge < -0.3 is 4.74 Å². The lowest BCUT2D eigenvalue weighted by Crippen LogP contribution is -2.71. The summed E-state index contributed by atoms with van der Waals surface area (Å²) in [6.45, 7) is 0. The molecule has 168 valence electrons. The first kappa shape index (κ1) is 25.3. The molecule has 0 saturated carbocycles. The number of carbonyl (C=O) groups excluding carboxylic acids is 1. The van der Waals surface area contributed by atoms with Crippen LogP contribution in [0.4, 0.5) is 57.1 Å². The summed E-state index contributed by atoms with van der Waals surface area (Å²) in [6.07, 6.45) is -7.55. The van der Waals surface area contributed by atoms with Gasteiger partial charge in [0.15, 0.2) is 0 Å². The number of nitrogens with zero attached hydrogens (tertiary/aromatic N) is 1. The molecule has 0 bridgehead atoms. The molecule has 1 aromatic rings. The number of hydrogen-bond donors (Lipinski definition) is 0. The fraction of sp³-hybridized carbons (Fsp3) is 0.429. The minimum Gasteiger partial charge on any atom is -0.422 e. The summed E-state index contributed by atoms with van der Waals surface area (Å²) in [6, 6.07) is 3.94. The number of nitriles is 1. The van der Waals surface area contributed by atoms with E-state index in [1.807, 2.05) is 0 Å². The first-order valence-electron chi connectivity index (χ1n) is 6.86. The molecule has 1 aromatic carbocycles. The second kappa shape index (κ2) is 7.20. The van der Waals surface area contributed by atoms with Crippen LogP contribution in [-0.4, -0.2) is 41.8 Å². The average Bonchev–Trinajstić information content (AvgIpc) is 2.60. The van der Waals surface area contributed by atoms with Crippen LogP contribution in [0.1, 0.15) is 5.56 Å². The van der Waals surface area contributed by atoms with E-state index in [-0.39, 0.29) is 5.56 Å². The Kier molecular flexibility index (Phi) is 6.07. The molecule has 16 heteroatoms. The Morgan fingerprint density at radius 3 is 1.47 bits per heavy atom. The highest BCUT2D eigenvalue weighted by Crippen LogP contribution is 2.60. The first-order valence-corrected chi connectivity index (χ1v) is 6.86. The summed E-state index contributed by atoms with van der Waals surface area (Å²) >= 11 is 0. The number of ether oxygens (including phenoxy) is 1. The number of halogens is 13. The minimum absolute atomic E-state index is 0.201. The van der Waals surface area contributed by atoms with Crippen molar-refractivity contribution < 1.29 is 66.6 Å². The van der Waals surface area contributed by atoms with Crippen molar-refractivity contribution in [3.8, 4) is 11.8 Å². The van der Waals surface area contributed by atoms with E-state index in [0.29, 0.717) is 12.1 Å². The van der Waals surface area contributed by atoms with Gasteiger partial charge in [0.2, 0.25) is 0 Å². The van der Waals surface area contributed by atoms with Crippen LogP contribution in [0.5, 0.6) is 5.75 Å². The molecule has 0 heterocycles. The Bertz CT molecular complexity index is 837. The molecular formula is C14H4F13NO2. The van der Waals surface area contributed by atoms with Crippen molar-refractivity contribution in [3.05, 3.63) is 29.8 Å². The third kappa shape index (κ3) is 3.60. The molecule has 30 heavy (non-hydrogen) atoms. The number of hydrogen-bond acceptors (Lipinski definition) is 3. The van der Waals surface area contributed by atoms with Gasteiger partial charge in [-0.15, -0.1) is 0 Å². The van der Waals surface area contributed by atoms with Crippen molar-refractivity contribution in [2.75, 3.05) is 0 Å². The largest absolute Gasteiger partial charge is 0.460 e. The van der Waals surface area contributed by atoms with Crippen molar-refractivity contribution in [2.45, 2.75) is 35.8 Å². The van der Waals surface area contributed by atoms with Gasteiger partial charge in [-0.3, -0.25) is 0 Å². The lowest BCUT2D eigenvalue weighted by Gasteiger charge is -2.38. The zero-order valence-electron chi connectivity index (χ0n) is 13.5. The third-order valence-corrected chi connectivity index (χ3v) is 3.38. The average molecular weight is 465 g/mol. The lowest BCUT2D eigenvalue weighted by atomic mass is 9.94. The van der Waals surface area contributed by atoms with Gasteiger partial charge in [-0.05, 0) is 24.3 Å². The number of carbonyl (C=O) groups is 1. The van der Waals surface area contributed by atoms with E-state index in [1.165, 1.54) is 6.07 Å². The summed E-state index contributed by atoms with van der Waals surface area (Å²) < 4.78 is 171. The van der Waals surface area contributed by atoms with Crippen LogP contribution in [0.25, 0.3) is 0 Å². The van der Waals surface area contributed by atoms with Crippen LogP contribution in [0.2, 0.25) is 0 Å². The van der Waals surface area contributed by atoms with Crippen LogP contribution in [0.15, 0.2) is 24.3 Å². The summed E-state index contributed by atoms with van der Waals surface area (Å²) in [5, 5.41) is 8.46. The summed E-state index contributed by atoms with van der Waals surface area (Å²) in [4.78, 5) is 11.2. The standard InChI is InChI=1S/C14H4F13NO2/c15-9(16,8(29)30-7-3-1-6(5-28)2-4-7)10(17,18)11(19,20)12(21,22)13(23,24)14(25,26)27/h1-4H. The molecule has 1 rings (SSSR count). The zero-order chi connectivity index (χ0) is 24.0. The van der Waals surface area contributed by atoms with E-state index in [9.17, 15) is 61.9 Å². The summed E-state index contributed by atoms with van der Waals surface area (Å²) in [5.41, 5.74) is -0.201. The van der Waals surface area contributed by atoms with E-state index in [2.05, 4.69) is 4.74 Å². The van der Waals surface area contributed by atoms with Gasteiger partial charge in [0.25, 0.3) is 0 Å². The van der Waals surface area contributed by atoms with E-state index < -0.39 is 47.5 Å². The number of benzene rings is 1. The van der Waals surface area contributed by atoms with Gasteiger partial charge in [-0.1, -0.05) is 0 Å². The number of esters is 1. The molecule has 0 N–H and O–H groups in total. The maximum atomic E-state index is 13.5. The van der Waals surface area contributed by atoms with Crippen LogP contribution in [-0.2, 0) is 4.79 Å². The van der Waals surface area contributed by atoms with Crippen LogP contribution < -0.4 is 4.74 Å². The summed E-state index contributed by atoms with van der Waals surface area (Å²) in [7, 11) is 0. The van der Waals surface area contributed by atoms with Crippen molar-refractivity contribution in [2.24, 2.45) is 0 Å². The smallest absolute Gasteiger partial charge is 0.422 e. The molecule has 0 unspecified atom stereocenters. The predicted molar refractivity (Wildman–Crippen MR) is 67.6 cm³/mol. The molecule has 3 nitrogen and oxygen atoms in total. The molecule has 0 atom stereocenters. The third-order valence-electron chi connectivity index (χ3n) is 3.38.